The van der Waals surface area contributed by atoms with E-state index in [9.17, 15) is 9.59 Å². The van der Waals surface area contributed by atoms with Gasteiger partial charge in [-0.3, -0.25) is 9.59 Å². The number of carboxylic acid groups (broad SMARTS) is 1. The van der Waals surface area contributed by atoms with Crippen LogP contribution in [0.15, 0.2) is 0 Å². The fourth-order valence-corrected chi connectivity index (χ4v) is 2.54. The van der Waals surface area contributed by atoms with Crippen LogP contribution in [0.3, 0.4) is 0 Å². The summed E-state index contributed by atoms with van der Waals surface area (Å²) in [6.07, 6.45) is 1.86. The molecule has 2 rings (SSSR count). The molecule has 2 unspecified atom stereocenters. The van der Waals surface area contributed by atoms with Gasteiger partial charge in [-0.2, -0.15) is 0 Å². The summed E-state index contributed by atoms with van der Waals surface area (Å²) in [5, 5.41) is 20.9. The summed E-state index contributed by atoms with van der Waals surface area (Å²) in [4.78, 5) is 22.8. The minimum Gasteiger partial charge on any atom is -0.481 e. The Balaban J connectivity index is 1.88. The van der Waals surface area contributed by atoms with Crippen LogP contribution in [0.2, 0.25) is 0 Å². The molecule has 2 fully saturated rings. The number of amides is 1. The van der Waals surface area contributed by atoms with E-state index < -0.39 is 23.2 Å². The predicted octanol–water partition coefficient (Wildman–Crippen LogP) is 0.232. The van der Waals surface area contributed by atoms with Gasteiger partial charge in [-0.1, -0.05) is 13.8 Å². The molecule has 1 amide bonds. The first-order valence-electron chi connectivity index (χ1n) is 5.95. The largest absolute Gasteiger partial charge is 0.481 e. The molecule has 2 aliphatic carbocycles. The number of carbonyl (C=O) groups is 2. The monoisotopic (exact) mass is 241 g/mol. The van der Waals surface area contributed by atoms with Gasteiger partial charge < -0.3 is 15.5 Å². The van der Waals surface area contributed by atoms with Crippen molar-refractivity contribution < 1.29 is 19.8 Å². The first-order chi connectivity index (χ1) is 7.84. The third-order valence-electron chi connectivity index (χ3n) is 4.31. The van der Waals surface area contributed by atoms with Gasteiger partial charge in [-0.05, 0) is 18.3 Å². The molecular formula is C12H19NO4. The number of carboxylic acids is 1. The second kappa shape index (κ2) is 3.70. The topological polar surface area (TPSA) is 86.6 Å². The van der Waals surface area contributed by atoms with E-state index in [-0.39, 0.29) is 17.9 Å². The molecule has 0 radical (unpaired) electrons. The number of aliphatic carboxylic acids is 1. The Morgan fingerprint density at radius 1 is 1.29 bits per heavy atom. The van der Waals surface area contributed by atoms with Crippen LogP contribution in [-0.2, 0) is 9.59 Å². The Morgan fingerprint density at radius 3 is 2.24 bits per heavy atom. The molecule has 2 atom stereocenters. The fourth-order valence-electron chi connectivity index (χ4n) is 2.54. The number of aliphatic hydroxyl groups is 1. The Bertz CT molecular complexity index is 360. The zero-order valence-corrected chi connectivity index (χ0v) is 10.2. The maximum Gasteiger partial charge on any atom is 0.307 e. The van der Waals surface area contributed by atoms with Gasteiger partial charge >= 0.3 is 5.97 Å². The quantitative estimate of drug-likeness (QED) is 0.643. The molecule has 0 heterocycles. The summed E-state index contributed by atoms with van der Waals surface area (Å²) in [6, 6.07) is 0. The standard InChI is InChI=1S/C12H19NO4/c1-11(2)7(8(11)10(16)17)9(15)13-5-12(6-14)3-4-12/h7-8,14H,3-6H2,1-2H3,(H,13,15)(H,16,17). The molecule has 0 aliphatic heterocycles. The highest BCUT2D eigenvalue weighted by atomic mass is 16.4. The van der Waals surface area contributed by atoms with Gasteiger partial charge in [0.25, 0.3) is 0 Å². The Kier molecular flexibility index (Phi) is 2.69. The van der Waals surface area contributed by atoms with Crippen LogP contribution in [0.1, 0.15) is 26.7 Å². The highest BCUT2D eigenvalue weighted by molar-refractivity contribution is 5.91. The van der Waals surface area contributed by atoms with Crippen LogP contribution < -0.4 is 5.32 Å². The van der Waals surface area contributed by atoms with E-state index in [4.69, 9.17) is 10.2 Å². The van der Waals surface area contributed by atoms with Crippen molar-refractivity contribution in [1.29, 1.82) is 0 Å². The molecule has 0 bridgehead atoms. The maximum atomic E-state index is 11.9. The van der Waals surface area contributed by atoms with Crippen molar-refractivity contribution in [3.05, 3.63) is 0 Å². The minimum atomic E-state index is -0.904. The lowest BCUT2D eigenvalue weighted by molar-refractivity contribution is -0.140. The molecule has 2 saturated carbocycles. The van der Waals surface area contributed by atoms with E-state index in [1.54, 1.807) is 13.8 Å². The summed E-state index contributed by atoms with van der Waals surface area (Å²) >= 11 is 0. The molecule has 5 heteroatoms. The van der Waals surface area contributed by atoms with E-state index in [0.29, 0.717) is 6.54 Å². The third kappa shape index (κ3) is 2.04. The van der Waals surface area contributed by atoms with Crippen molar-refractivity contribution in [1.82, 2.24) is 5.32 Å². The lowest BCUT2D eigenvalue weighted by Crippen LogP contribution is -2.34. The highest BCUT2D eigenvalue weighted by Crippen LogP contribution is 2.58. The molecular weight excluding hydrogens is 222 g/mol. The molecule has 0 saturated heterocycles. The Morgan fingerprint density at radius 2 is 1.88 bits per heavy atom. The van der Waals surface area contributed by atoms with Crippen LogP contribution >= 0.6 is 0 Å². The van der Waals surface area contributed by atoms with Gasteiger partial charge in [0.1, 0.15) is 0 Å². The molecule has 0 aromatic carbocycles. The molecule has 2 aliphatic rings. The number of aliphatic hydroxyl groups excluding tert-OH is 1. The smallest absolute Gasteiger partial charge is 0.307 e. The van der Waals surface area contributed by atoms with Crippen LogP contribution in [-0.4, -0.2) is 35.2 Å². The second-order valence-electron chi connectivity index (χ2n) is 5.99. The fraction of sp³-hybridized carbons (Fsp3) is 0.833. The van der Waals surface area contributed by atoms with Crippen molar-refractivity contribution in [2.75, 3.05) is 13.2 Å². The Labute approximate surface area is 100 Å². The SMILES string of the molecule is CC1(C)C(C(=O)O)C1C(=O)NCC1(CO)CC1. The second-order valence-corrected chi connectivity index (χ2v) is 5.99. The summed E-state index contributed by atoms with van der Waals surface area (Å²) in [5.74, 6) is -2.11. The predicted molar refractivity (Wildman–Crippen MR) is 60.2 cm³/mol. The molecule has 5 nitrogen and oxygen atoms in total. The first kappa shape index (κ1) is 12.4. The summed E-state index contributed by atoms with van der Waals surface area (Å²) in [6.45, 7) is 4.15. The number of nitrogens with one attached hydrogen (secondary N) is 1. The van der Waals surface area contributed by atoms with Crippen molar-refractivity contribution in [2.24, 2.45) is 22.7 Å². The number of hydrogen-bond acceptors (Lipinski definition) is 3. The van der Waals surface area contributed by atoms with Gasteiger partial charge in [0.15, 0.2) is 0 Å². The lowest BCUT2D eigenvalue weighted by atomic mass is 10.1. The summed E-state index contributed by atoms with van der Waals surface area (Å²) < 4.78 is 0. The van der Waals surface area contributed by atoms with E-state index in [1.807, 2.05) is 0 Å². The lowest BCUT2D eigenvalue weighted by Gasteiger charge is -2.13. The van der Waals surface area contributed by atoms with Gasteiger partial charge in [0.2, 0.25) is 5.91 Å². The molecule has 0 aromatic heterocycles. The van der Waals surface area contributed by atoms with Gasteiger partial charge in [0.05, 0.1) is 18.4 Å². The van der Waals surface area contributed by atoms with Crippen molar-refractivity contribution in [3.8, 4) is 0 Å². The van der Waals surface area contributed by atoms with Gasteiger partial charge in [-0.15, -0.1) is 0 Å². The normalized spacial score (nSPS) is 31.7. The van der Waals surface area contributed by atoms with Crippen LogP contribution in [0.5, 0.6) is 0 Å². The molecule has 17 heavy (non-hydrogen) atoms. The van der Waals surface area contributed by atoms with Crippen LogP contribution in [0.4, 0.5) is 0 Å². The van der Waals surface area contributed by atoms with Crippen molar-refractivity contribution >= 4 is 11.9 Å². The van der Waals surface area contributed by atoms with Crippen molar-refractivity contribution in [3.63, 3.8) is 0 Å². The highest BCUT2D eigenvalue weighted by Gasteiger charge is 2.66. The van der Waals surface area contributed by atoms with Crippen LogP contribution in [0.25, 0.3) is 0 Å². The summed E-state index contributed by atoms with van der Waals surface area (Å²) in [5.41, 5.74) is -0.584. The molecule has 0 aromatic rings. The minimum absolute atomic E-state index is 0.0870. The zero-order valence-electron chi connectivity index (χ0n) is 10.2. The third-order valence-corrected chi connectivity index (χ3v) is 4.31. The van der Waals surface area contributed by atoms with E-state index in [0.717, 1.165) is 12.8 Å². The van der Waals surface area contributed by atoms with Crippen molar-refractivity contribution in [2.45, 2.75) is 26.7 Å². The summed E-state index contributed by atoms with van der Waals surface area (Å²) in [7, 11) is 0. The molecule has 0 spiro atoms. The van der Waals surface area contributed by atoms with Crippen LogP contribution in [0, 0.1) is 22.7 Å². The number of rotatable bonds is 5. The van der Waals surface area contributed by atoms with E-state index in [2.05, 4.69) is 5.32 Å². The first-order valence-corrected chi connectivity index (χ1v) is 5.95. The maximum absolute atomic E-state index is 11.9. The number of hydrogen-bond donors (Lipinski definition) is 3. The average molecular weight is 241 g/mol. The molecule has 96 valence electrons. The van der Waals surface area contributed by atoms with E-state index in [1.165, 1.54) is 0 Å². The number of carbonyl (C=O) groups excluding carboxylic acids is 1. The van der Waals surface area contributed by atoms with E-state index >= 15 is 0 Å². The average Bonchev–Trinajstić information content (AvgIpc) is 3.11. The molecule has 3 N–H and O–H groups in total. The van der Waals surface area contributed by atoms with Gasteiger partial charge in [-0.25, -0.2) is 0 Å². The van der Waals surface area contributed by atoms with Gasteiger partial charge in [0, 0.05) is 12.0 Å². The zero-order chi connectivity index (χ0) is 12.8. The Hall–Kier alpha value is -1.10.